The summed E-state index contributed by atoms with van der Waals surface area (Å²) in [5.74, 6) is 0.849. The smallest absolute Gasteiger partial charge is 0.323 e. The van der Waals surface area contributed by atoms with Gasteiger partial charge in [0.25, 0.3) is 5.56 Å². The zero-order valence-electron chi connectivity index (χ0n) is 11.2. The van der Waals surface area contributed by atoms with Gasteiger partial charge in [0.05, 0.1) is 0 Å². The monoisotopic (exact) mass is 265 g/mol. The molecule has 0 radical (unpaired) electrons. The third-order valence-corrected chi connectivity index (χ3v) is 2.95. The molecule has 0 saturated heterocycles. The molecule has 0 atom stereocenters. The number of anilines is 1. The molecule has 2 N–H and O–H groups in total. The van der Waals surface area contributed by atoms with E-state index >= 15 is 0 Å². The summed E-state index contributed by atoms with van der Waals surface area (Å²) >= 11 is 0. The highest BCUT2D eigenvalue weighted by Gasteiger charge is 2.27. The number of aromatic nitrogens is 2. The van der Waals surface area contributed by atoms with Crippen LogP contribution < -0.4 is 10.5 Å². The van der Waals surface area contributed by atoms with E-state index in [9.17, 15) is 9.59 Å². The first-order valence-electron chi connectivity index (χ1n) is 6.53. The van der Waals surface area contributed by atoms with Crippen LogP contribution in [0.5, 0.6) is 0 Å². The molecule has 1 aromatic rings. The molecule has 0 bridgehead atoms. The van der Waals surface area contributed by atoms with Crippen LogP contribution in [0.3, 0.4) is 0 Å². The van der Waals surface area contributed by atoms with E-state index in [0.29, 0.717) is 30.0 Å². The fraction of sp³-hybridized carbons (Fsp3) is 0.615. The van der Waals surface area contributed by atoms with E-state index in [1.54, 1.807) is 4.90 Å². The van der Waals surface area contributed by atoms with Crippen LogP contribution in [-0.4, -0.2) is 34.1 Å². The summed E-state index contributed by atoms with van der Waals surface area (Å²) in [7, 11) is 0. The van der Waals surface area contributed by atoms with Gasteiger partial charge in [0.2, 0.25) is 0 Å². The van der Waals surface area contributed by atoms with Crippen molar-refractivity contribution >= 4 is 11.8 Å². The highest BCUT2D eigenvalue weighted by Crippen LogP contribution is 2.37. The van der Waals surface area contributed by atoms with Crippen LogP contribution >= 0.6 is 0 Å². The number of aromatic amines is 1. The molecule has 1 aliphatic rings. The minimum atomic E-state index is -0.921. The molecule has 1 aliphatic carbocycles. The van der Waals surface area contributed by atoms with Crippen LogP contribution in [0.1, 0.15) is 38.4 Å². The normalized spacial score (nSPS) is 14.7. The van der Waals surface area contributed by atoms with Gasteiger partial charge in [-0.3, -0.25) is 9.59 Å². The van der Waals surface area contributed by atoms with E-state index < -0.39 is 5.97 Å². The van der Waals surface area contributed by atoms with E-state index in [4.69, 9.17) is 5.11 Å². The average Bonchev–Trinajstić information content (AvgIpc) is 3.09. The van der Waals surface area contributed by atoms with Gasteiger partial charge in [-0.25, -0.2) is 4.98 Å². The lowest BCUT2D eigenvalue weighted by Gasteiger charge is -2.23. The first kappa shape index (κ1) is 13.6. The molecule has 1 saturated carbocycles. The van der Waals surface area contributed by atoms with Crippen molar-refractivity contribution in [3.63, 3.8) is 0 Å². The summed E-state index contributed by atoms with van der Waals surface area (Å²) in [6.07, 6.45) is 2.07. The van der Waals surface area contributed by atoms with Crippen molar-refractivity contribution in [2.75, 3.05) is 18.0 Å². The Bertz CT molecular complexity index is 520. The molecule has 0 aliphatic heterocycles. The Labute approximate surface area is 111 Å². The van der Waals surface area contributed by atoms with Crippen molar-refractivity contribution < 1.29 is 9.90 Å². The molecule has 2 rings (SSSR count). The van der Waals surface area contributed by atoms with Gasteiger partial charge in [-0.1, -0.05) is 13.8 Å². The van der Waals surface area contributed by atoms with Crippen molar-refractivity contribution in [2.45, 2.75) is 32.6 Å². The Kier molecular flexibility index (Phi) is 3.87. The number of nitrogens with one attached hydrogen (secondary N) is 1. The molecule has 1 heterocycles. The van der Waals surface area contributed by atoms with Crippen molar-refractivity contribution in [3.05, 3.63) is 22.2 Å². The van der Waals surface area contributed by atoms with Gasteiger partial charge in [0, 0.05) is 18.5 Å². The standard InChI is InChI=1S/C13H19N3O3/c1-8(2)6-16(7-12(18)19)10-5-11(17)15-13(14-10)9-3-4-9/h5,8-9H,3-4,6-7H2,1-2H3,(H,18,19)(H,14,15,17). The van der Waals surface area contributed by atoms with Gasteiger partial charge in [-0.15, -0.1) is 0 Å². The quantitative estimate of drug-likeness (QED) is 0.807. The molecular formula is C13H19N3O3. The van der Waals surface area contributed by atoms with E-state index in [1.165, 1.54) is 6.07 Å². The summed E-state index contributed by atoms with van der Waals surface area (Å²) in [6.45, 7) is 4.43. The molecule has 0 amide bonds. The number of carboxylic acid groups (broad SMARTS) is 1. The lowest BCUT2D eigenvalue weighted by molar-refractivity contribution is -0.135. The topological polar surface area (TPSA) is 86.3 Å². The van der Waals surface area contributed by atoms with E-state index in [-0.39, 0.29) is 12.1 Å². The Balaban J connectivity index is 2.28. The maximum absolute atomic E-state index is 11.6. The van der Waals surface area contributed by atoms with Crippen molar-refractivity contribution in [3.8, 4) is 0 Å². The molecule has 1 fully saturated rings. The molecule has 6 heteroatoms. The zero-order valence-corrected chi connectivity index (χ0v) is 11.2. The highest BCUT2D eigenvalue weighted by molar-refractivity contribution is 5.73. The van der Waals surface area contributed by atoms with Gasteiger partial charge in [-0.05, 0) is 18.8 Å². The Morgan fingerprint density at radius 2 is 2.26 bits per heavy atom. The number of H-pyrrole nitrogens is 1. The van der Waals surface area contributed by atoms with E-state index in [0.717, 1.165) is 12.8 Å². The fourth-order valence-electron chi connectivity index (χ4n) is 2.02. The first-order valence-corrected chi connectivity index (χ1v) is 6.53. The molecule has 1 aromatic heterocycles. The average molecular weight is 265 g/mol. The number of carbonyl (C=O) groups is 1. The predicted molar refractivity (Wildman–Crippen MR) is 71.5 cm³/mol. The van der Waals surface area contributed by atoms with Crippen molar-refractivity contribution in [1.82, 2.24) is 9.97 Å². The lowest BCUT2D eigenvalue weighted by Crippen LogP contribution is -2.34. The van der Waals surface area contributed by atoms with Gasteiger partial charge in [-0.2, -0.15) is 0 Å². The third kappa shape index (κ3) is 3.81. The van der Waals surface area contributed by atoms with Crippen molar-refractivity contribution in [2.24, 2.45) is 5.92 Å². The molecule has 0 spiro atoms. The maximum atomic E-state index is 11.6. The Morgan fingerprint density at radius 1 is 1.58 bits per heavy atom. The van der Waals surface area contributed by atoms with Crippen LogP contribution in [0.25, 0.3) is 0 Å². The fourth-order valence-corrected chi connectivity index (χ4v) is 2.02. The largest absolute Gasteiger partial charge is 0.480 e. The zero-order chi connectivity index (χ0) is 14.0. The molecule has 104 valence electrons. The summed E-state index contributed by atoms with van der Waals surface area (Å²) in [4.78, 5) is 31.4. The van der Waals surface area contributed by atoms with Crippen LogP contribution in [0.15, 0.2) is 10.9 Å². The minimum absolute atomic E-state index is 0.140. The van der Waals surface area contributed by atoms with E-state index in [2.05, 4.69) is 9.97 Å². The van der Waals surface area contributed by atoms with Crippen LogP contribution in [-0.2, 0) is 4.79 Å². The number of rotatable bonds is 6. The van der Waals surface area contributed by atoms with Crippen LogP contribution in [0.4, 0.5) is 5.82 Å². The molecule has 0 aromatic carbocycles. The number of carboxylic acids is 1. The lowest BCUT2D eigenvalue weighted by atomic mass is 10.2. The molecular weight excluding hydrogens is 246 g/mol. The summed E-state index contributed by atoms with van der Waals surface area (Å²) in [6, 6.07) is 1.37. The molecule has 0 unspecified atom stereocenters. The number of hydrogen-bond acceptors (Lipinski definition) is 4. The maximum Gasteiger partial charge on any atom is 0.323 e. The number of aliphatic carboxylic acids is 1. The second kappa shape index (κ2) is 5.42. The van der Waals surface area contributed by atoms with Crippen LogP contribution in [0, 0.1) is 5.92 Å². The second-order valence-corrected chi connectivity index (χ2v) is 5.43. The summed E-state index contributed by atoms with van der Waals surface area (Å²) in [5.41, 5.74) is -0.217. The van der Waals surface area contributed by atoms with Gasteiger partial charge in [0.1, 0.15) is 18.2 Å². The number of nitrogens with zero attached hydrogens (tertiary/aromatic N) is 2. The Morgan fingerprint density at radius 3 is 2.79 bits per heavy atom. The summed E-state index contributed by atoms with van der Waals surface area (Å²) < 4.78 is 0. The SMILES string of the molecule is CC(C)CN(CC(=O)O)c1cc(=O)[nH]c(C2CC2)n1. The molecule has 6 nitrogen and oxygen atoms in total. The predicted octanol–water partition coefficient (Wildman–Crippen LogP) is 1.19. The highest BCUT2D eigenvalue weighted by atomic mass is 16.4. The Hall–Kier alpha value is -1.85. The van der Waals surface area contributed by atoms with E-state index in [1.807, 2.05) is 13.8 Å². The third-order valence-electron chi connectivity index (χ3n) is 2.95. The van der Waals surface area contributed by atoms with Crippen molar-refractivity contribution in [1.29, 1.82) is 0 Å². The van der Waals surface area contributed by atoms with Gasteiger partial charge < -0.3 is 15.0 Å². The molecule has 19 heavy (non-hydrogen) atoms. The summed E-state index contributed by atoms with van der Waals surface area (Å²) in [5, 5.41) is 8.96. The minimum Gasteiger partial charge on any atom is -0.480 e. The second-order valence-electron chi connectivity index (χ2n) is 5.43. The van der Waals surface area contributed by atoms with Crippen LogP contribution in [0.2, 0.25) is 0 Å². The van der Waals surface area contributed by atoms with Gasteiger partial charge in [0.15, 0.2) is 0 Å². The number of hydrogen-bond donors (Lipinski definition) is 2. The first-order chi connectivity index (χ1) is 8.95. The van der Waals surface area contributed by atoms with Gasteiger partial charge >= 0.3 is 5.97 Å².